The predicted octanol–water partition coefficient (Wildman–Crippen LogP) is 1.75. The standard InChI is InChI=1S/C12H22N2O3/c1-5-7-9(6-2)13-11(15)10(8(3)4)14-12(16)17/h5,8-10,14H,1,6-7H2,2-4H3,(H,13,15)(H,16,17)/t9-,10+/m1/s1. The molecule has 17 heavy (non-hydrogen) atoms. The van der Waals surface area contributed by atoms with Crippen molar-refractivity contribution in [2.45, 2.75) is 45.7 Å². The van der Waals surface area contributed by atoms with Crippen molar-refractivity contribution >= 4 is 12.0 Å². The van der Waals surface area contributed by atoms with Gasteiger partial charge < -0.3 is 15.7 Å². The summed E-state index contributed by atoms with van der Waals surface area (Å²) in [4.78, 5) is 22.5. The van der Waals surface area contributed by atoms with E-state index in [9.17, 15) is 9.59 Å². The van der Waals surface area contributed by atoms with Gasteiger partial charge >= 0.3 is 6.09 Å². The SMILES string of the molecule is C=CC[C@@H](CC)NC(=O)[C@@H](NC(=O)O)C(C)C. The van der Waals surface area contributed by atoms with Crippen molar-refractivity contribution in [1.82, 2.24) is 10.6 Å². The van der Waals surface area contributed by atoms with E-state index in [0.717, 1.165) is 6.42 Å². The Morgan fingerprint density at radius 1 is 1.35 bits per heavy atom. The summed E-state index contributed by atoms with van der Waals surface area (Å²) in [7, 11) is 0. The number of amides is 2. The molecule has 0 spiro atoms. The van der Waals surface area contributed by atoms with Crippen LogP contribution in [0.25, 0.3) is 0 Å². The number of carboxylic acid groups (broad SMARTS) is 1. The van der Waals surface area contributed by atoms with Crippen LogP contribution >= 0.6 is 0 Å². The molecule has 2 atom stereocenters. The Labute approximate surface area is 102 Å². The van der Waals surface area contributed by atoms with Crippen LogP contribution in [0.4, 0.5) is 4.79 Å². The van der Waals surface area contributed by atoms with E-state index >= 15 is 0 Å². The summed E-state index contributed by atoms with van der Waals surface area (Å²) in [6, 6.07) is -0.705. The zero-order valence-corrected chi connectivity index (χ0v) is 10.7. The molecule has 5 heteroatoms. The summed E-state index contributed by atoms with van der Waals surface area (Å²) in [5.74, 6) is -0.372. The van der Waals surface area contributed by atoms with Crippen molar-refractivity contribution in [2.24, 2.45) is 5.92 Å². The molecular weight excluding hydrogens is 220 g/mol. The number of nitrogens with one attached hydrogen (secondary N) is 2. The largest absolute Gasteiger partial charge is 0.465 e. The third kappa shape index (κ3) is 5.94. The highest BCUT2D eigenvalue weighted by Gasteiger charge is 2.25. The van der Waals surface area contributed by atoms with Crippen molar-refractivity contribution in [2.75, 3.05) is 0 Å². The summed E-state index contributed by atoms with van der Waals surface area (Å²) in [6.07, 6.45) is 2.02. The highest BCUT2D eigenvalue weighted by atomic mass is 16.4. The highest BCUT2D eigenvalue weighted by Crippen LogP contribution is 2.05. The fraction of sp³-hybridized carbons (Fsp3) is 0.667. The average Bonchev–Trinajstić information content (AvgIpc) is 2.24. The average molecular weight is 242 g/mol. The summed E-state index contributed by atoms with van der Waals surface area (Å²) in [5.41, 5.74) is 0. The summed E-state index contributed by atoms with van der Waals surface area (Å²) >= 11 is 0. The molecule has 5 nitrogen and oxygen atoms in total. The van der Waals surface area contributed by atoms with Gasteiger partial charge in [-0.05, 0) is 18.8 Å². The minimum Gasteiger partial charge on any atom is -0.465 e. The second-order valence-electron chi connectivity index (χ2n) is 4.31. The molecule has 0 aliphatic heterocycles. The van der Waals surface area contributed by atoms with Gasteiger partial charge in [0.1, 0.15) is 6.04 Å². The fourth-order valence-corrected chi connectivity index (χ4v) is 1.49. The molecule has 0 heterocycles. The molecule has 0 aromatic carbocycles. The molecule has 0 aliphatic rings. The molecule has 0 bridgehead atoms. The molecular formula is C12H22N2O3. The van der Waals surface area contributed by atoms with Crippen LogP contribution in [-0.2, 0) is 4.79 Å². The quantitative estimate of drug-likeness (QED) is 0.595. The van der Waals surface area contributed by atoms with Crippen molar-refractivity contribution in [3.8, 4) is 0 Å². The lowest BCUT2D eigenvalue weighted by Crippen LogP contribution is -2.51. The van der Waals surface area contributed by atoms with Crippen LogP contribution in [0.15, 0.2) is 12.7 Å². The van der Waals surface area contributed by atoms with Crippen LogP contribution in [0.2, 0.25) is 0 Å². The molecule has 98 valence electrons. The van der Waals surface area contributed by atoms with Crippen molar-refractivity contribution in [3.05, 3.63) is 12.7 Å². The summed E-state index contributed by atoms with van der Waals surface area (Å²) in [6.45, 7) is 9.19. The first-order chi connectivity index (χ1) is 7.92. The van der Waals surface area contributed by atoms with Crippen LogP contribution in [0.5, 0.6) is 0 Å². The number of rotatable bonds is 7. The minimum absolute atomic E-state index is 0.0110. The first-order valence-electron chi connectivity index (χ1n) is 5.83. The van der Waals surface area contributed by atoms with Crippen LogP contribution in [0.3, 0.4) is 0 Å². The Balaban J connectivity index is 4.50. The van der Waals surface area contributed by atoms with Crippen molar-refractivity contribution in [3.63, 3.8) is 0 Å². The Bertz CT molecular complexity index is 277. The molecule has 0 radical (unpaired) electrons. The monoisotopic (exact) mass is 242 g/mol. The molecule has 0 fully saturated rings. The van der Waals surface area contributed by atoms with E-state index in [1.54, 1.807) is 19.9 Å². The van der Waals surface area contributed by atoms with Gasteiger partial charge in [0.2, 0.25) is 5.91 Å². The van der Waals surface area contributed by atoms with E-state index < -0.39 is 12.1 Å². The maximum atomic E-state index is 11.9. The third-order valence-electron chi connectivity index (χ3n) is 2.52. The van der Waals surface area contributed by atoms with E-state index in [1.165, 1.54) is 0 Å². The summed E-state index contributed by atoms with van der Waals surface area (Å²) in [5, 5.41) is 13.7. The Morgan fingerprint density at radius 3 is 2.29 bits per heavy atom. The van der Waals surface area contributed by atoms with Crippen LogP contribution in [-0.4, -0.2) is 29.2 Å². The van der Waals surface area contributed by atoms with Crippen molar-refractivity contribution in [1.29, 1.82) is 0 Å². The second-order valence-corrected chi connectivity index (χ2v) is 4.31. The first kappa shape index (κ1) is 15.5. The van der Waals surface area contributed by atoms with Crippen LogP contribution < -0.4 is 10.6 Å². The molecule has 0 unspecified atom stereocenters. The van der Waals surface area contributed by atoms with Gasteiger partial charge in [-0.15, -0.1) is 6.58 Å². The summed E-state index contributed by atoms with van der Waals surface area (Å²) < 4.78 is 0. The van der Waals surface area contributed by atoms with Crippen LogP contribution in [0.1, 0.15) is 33.6 Å². The molecule has 0 aliphatic carbocycles. The van der Waals surface area contributed by atoms with E-state index in [0.29, 0.717) is 6.42 Å². The van der Waals surface area contributed by atoms with E-state index in [4.69, 9.17) is 5.11 Å². The van der Waals surface area contributed by atoms with E-state index in [2.05, 4.69) is 17.2 Å². The molecule has 0 rings (SSSR count). The minimum atomic E-state index is -1.18. The van der Waals surface area contributed by atoms with Gasteiger partial charge in [0.25, 0.3) is 0 Å². The first-order valence-corrected chi connectivity index (χ1v) is 5.83. The highest BCUT2D eigenvalue weighted by molar-refractivity contribution is 5.85. The normalized spacial score (nSPS) is 13.9. The van der Waals surface area contributed by atoms with Gasteiger partial charge in [-0.3, -0.25) is 4.79 Å². The lowest BCUT2D eigenvalue weighted by Gasteiger charge is -2.23. The zero-order valence-electron chi connectivity index (χ0n) is 10.7. The molecule has 0 aromatic rings. The van der Waals surface area contributed by atoms with Gasteiger partial charge in [0.05, 0.1) is 0 Å². The molecule has 0 saturated heterocycles. The number of hydrogen-bond donors (Lipinski definition) is 3. The van der Waals surface area contributed by atoms with Crippen molar-refractivity contribution < 1.29 is 14.7 Å². The zero-order chi connectivity index (χ0) is 13.4. The Hall–Kier alpha value is -1.52. The molecule has 0 saturated carbocycles. The third-order valence-corrected chi connectivity index (χ3v) is 2.52. The molecule has 0 aromatic heterocycles. The van der Waals surface area contributed by atoms with E-state index in [-0.39, 0.29) is 17.9 Å². The van der Waals surface area contributed by atoms with Crippen LogP contribution in [0, 0.1) is 5.92 Å². The lowest BCUT2D eigenvalue weighted by atomic mass is 10.0. The van der Waals surface area contributed by atoms with Gasteiger partial charge in [-0.1, -0.05) is 26.8 Å². The maximum Gasteiger partial charge on any atom is 0.405 e. The lowest BCUT2D eigenvalue weighted by molar-refractivity contribution is -0.124. The smallest absolute Gasteiger partial charge is 0.405 e. The fourth-order valence-electron chi connectivity index (χ4n) is 1.49. The molecule has 2 amide bonds. The number of carbonyl (C=O) groups excluding carboxylic acids is 1. The van der Waals surface area contributed by atoms with E-state index in [1.807, 2.05) is 6.92 Å². The topological polar surface area (TPSA) is 78.4 Å². The predicted molar refractivity (Wildman–Crippen MR) is 66.8 cm³/mol. The molecule has 3 N–H and O–H groups in total. The Morgan fingerprint density at radius 2 is 1.94 bits per heavy atom. The maximum absolute atomic E-state index is 11.9. The van der Waals surface area contributed by atoms with Gasteiger partial charge in [-0.2, -0.15) is 0 Å². The van der Waals surface area contributed by atoms with Gasteiger partial charge in [0, 0.05) is 6.04 Å². The van der Waals surface area contributed by atoms with Gasteiger partial charge in [0.15, 0.2) is 0 Å². The number of hydrogen-bond acceptors (Lipinski definition) is 2. The number of carbonyl (C=O) groups is 2. The van der Waals surface area contributed by atoms with Gasteiger partial charge in [-0.25, -0.2) is 4.79 Å². The second kappa shape index (κ2) is 7.70. The Kier molecular flexibility index (Phi) is 7.02.